The highest BCUT2D eigenvalue weighted by Gasteiger charge is 2.43. The number of amides is 3. The summed E-state index contributed by atoms with van der Waals surface area (Å²) >= 11 is 0. The maximum atomic E-state index is 13.6. The van der Waals surface area contributed by atoms with E-state index < -0.39 is 23.8 Å². The molecule has 3 aromatic rings. The third-order valence-corrected chi connectivity index (χ3v) is 6.02. The van der Waals surface area contributed by atoms with Gasteiger partial charge in [-0.25, -0.2) is 0 Å². The second-order valence-corrected chi connectivity index (χ2v) is 8.04. The molecule has 0 radical (unpaired) electrons. The molecule has 0 bridgehead atoms. The van der Waals surface area contributed by atoms with Gasteiger partial charge in [-0.15, -0.1) is 0 Å². The molecule has 0 aliphatic carbocycles. The van der Waals surface area contributed by atoms with Gasteiger partial charge in [0.15, 0.2) is 0 Å². The van der Waals surface area contributed by atoms with Crippen LogP contribution in [0.5, 0.6) is 0 Å². The van der Waals surface area contributed by atoms with E-state index in [4.69, 9.17) is 0 Å². The average molecular weight is 429 g/mol. The molecular weight excluding hydrogens is 406 g/mol. The number of anilines is 1. The molecule has 0 saturated heterocycles. The molecule has 1 aromatic heterocycles. The first-order chi connectivity index (χ1) is 15.5. The lowest BCUT2D eigenvalue weighted by Gasteiger charge is -2.26. The molecule has 3 amide bonds. The Hall–Kier alpha value is -3.78. The molecule has 162 valence electrons. The average Bonchev–Trinajstić information content (AvgIpc) is 3.26. The zero-order chi connectivity index (χ0) is 22.2. The van der Waals surface area contributed by atoms with Gasteiger partial charge in [0.1, 0.15) is 11.9 Å². The number of carbonyl (C=O) groups excluding carboxylic acids is 3. The number of nitrogens with one attached hydrogen (secondary N) is 2. The summed E-state index contributed by atoms with van der Waals surface area (Å²) in [5.74, 6) is -0.725. The first-order valence-corrected chi connectivity index (χ1v) is 10.6. The van der Waals surface area contributed by atoms with Crippen molar-refractivity contribution in [1.82, 2.24) is 20.0 Å². The summed E-state index contributed by atoms with van der Waals surface area (Å²) in [5, 5.41) is 10.8. The lowest BCUT2D eigenvalue weighted by molar-refractivity contribution is -0.120. The molecule has 0 saturated carbocycles. The number of hydrogen-bond acceptors (Lipinski definition) is 5. The van der Waals surface area contributed by atoms with E-state index in [1.165, 1.54) is 0 Å². The molecule has 1 unspecified atom stereocenters. The van der Waals surface area contributed by atoms with Crippen LogP contribution < -0.4 is 10.6 Å². The highest BCUT2D eigenvalue weighted by molar-refractivity contribution is 6.23. The Morgan fingerprint density at radius 1 is 1.06 bits per heavy atom. The Balaban J connectivity index is 1.50. The standard InChI is InChI=1S/C24H23N5O3/c1-28-21(18-14-25-12-11-19(18)27-28)26-22(30)20(13-15-7-3-2-4-8-15)29-23(31)16-9-5-6-10-17(16)24(29)32/h2-10,20,25H,11-14H2,1H3,(H,26,30). The summed E-state index contributed by atoms with van der Waals surface area (Å²) in [7, 11) is 1.78. The molecule has 8 nitrogen and oxygen atoms in total. The van der Waals surface area contributed by atoms with Crippen molar-refractivity contribution in [2.24, 2.45) is 7.05 Å². The summed E-state index contributed by atoms with van der Waals surface area (Å²) in [5.41, 5.74) is 3.39. The van der Waals surface area contributed by atoms with E-state index in [1.54, 1.807) is 36.0 Å². The van der Waals surface area contributed by atoms with Gasteiger partial charge in [-0.2, -0.15) is 5.10 Å². The van der Waals surface area contributed by atoms with Gasteiger partial charge >= 0.3 is 0 Å². The Morgan fingerprint density at radius 2 is 1.72 bits per heavy atom. The number of imide groups is 1. The number of hydrogen-bond donors (Lipinski definition) is 2. The van der Waals surface area contributed by atoms with E-state index in [1.807, 2.05) is 30.3 Å². The molecule has 0 fully saturated rings. The quantitative estimate of drug-likeness (QED) is 0.604. The van der Waals surface area contributed by atoms with Gasteiger partial charge in [0.05, 0.1) is 16.8 Å². The number of rotatable bonds is 5. The number of fused-ring (bicyclic) bond motifs is 2. The molecule has 5 rings (SSSR count). The maximum Gasteiger partial charge on any atom is 0.262 e. The summed E-state index contributed by atoms with van der Waals surface area (Å²) in [6.45, 7) is 1.44. The van der Waals surface area contributed by atoms with Crippen LogP contribution in [-0.4, -0.2) is 45.0 Å². The van der Waals surface area contributed by atoms with Crippen LogP contribution in [0.1, 0.15) is 37.5 Å². The normalized spacial score (nSPS) is 16.0. The first kappa shape index (κ1) is 20.1. The van der Waals surface area contributed by atoms with E-state index in [-0.39, 0.29) is 6.42 Å². The molecule has 0 spiro atoms. The van der Waals surface area contributed by atoms with Crippen molar-refractivity contribution in [3.63, 3.8) is 0 Å². The van der Waals surface area contributed by atoms with Crippen molar-refractivity contribution >= 4 is 23.5 Å². The van der Waals surface area contributed by atoms with Crippen LogP contribution in [-0.2, 0) is 31.2 Å². The minimum Gasteiger partial charge on any atom is -0.312 e. The van der Waals surface area contributed by atoms with Crippen molar-refractivity contribution in [1.29, 1.82) is 0 Å². The van der Waals surface area contributed by atoms with E-state index in [2.05, 4.69) is 15.7 Å². The Kier molecular flexibility index (Phi) is 5.07. The van der Waals surface area contributed by atoms with Crippen LogP contribution >= 0.6 is 0 Å². The van der Waals surface area contributed by atoms with Crippen molar-refractivity contribution in [3.05, 3.63) is 82.5 Å². The predicted octanol–water partition coefficient (Wildman–Crippen LogP) is 1.91. The fourth-order valence-corrected chi connectivity index (χ4v) is 4.42. The maximum absolute atomic E-state index is 13.6. The highest BCUT2D eigenvalue weighted by Crippen LogP contribution is 2.28. The topological polar surface area (TPSA) is 96.3 Å². The van der Waals surface area contributed by atoms with Gasteiger partial charge < -0.3 is 10.6 Å². The zero-order valence-electron chi connectivity index (χ0n) is 17.7. The minimum absolute atomic E-state index is 0.219. The molecule has 32 heavy (non-hydrogen) atoms. The summed E-state index contributed by atoms with van der Waals surface area (Å²) in [6.07, 6.45) is 1.00. The fraction of sp³-hybridized carbons (Fsp3) is 0.250. The van der Waals surface area contributed by atoms with Gasteiger partial charge in [-0.1, -0.05) is 42.5 Å². The summed E-state index contributed by atoms with van der Waals surface area (Å²) < 4.78 is 1.65. The minimum atomic E-state index is -0.994. The van der Waals surface area contributed by atoms with Crippen LogP contribution in [0.3, 0.4) is 0 Å². The number of aryl methyl sites for hydroxylation is 1. The van der Waals surface area contributed by atoms with Crippen LogP contribution in [0, 0.1) is 0 Å². The lowest BCUT2D eigenvalue weighted by atomic mass is 10.0. The third-order valence-electron chi connectivity index (χ3n) is 6.02. The largest absolute Gasteiger partial charge is 0.312 e. The summed E-state index contributed by atoms with van der Waals surface area (Å²) in [4.78, 5) is 40.9. The molecule has 2 aliphatic heterocycles. The van der Waals surface area contributed by atoms with Crippen LogP contribution in [0.2, 0.25) is 0 Å². The smallest absolute Gasteiger partial charge is 0.262 e. The molecule has 2 N–H and O–H groups in total. The summed E-state index contributed by atoms with van der Waals surface area (Å²) in [6, 6.07) is 15.1. The molecule has 2 aliphatic rings. The molecule has 3 heterocycles. The Bertz CT molecular complexity index is 1180. The van der Waals surface area contributed by atoms with Gasteiger partial charge in [0.2, 0.25) is 5.91 Å². The van der Waals surface area contributed by atoms with E-state index >= 15 is 0 Å². The third kappa shape index (κ3) is 3.38. The molecule has 2 aromatic carbocycles. The SMILES string of the molecule is Cn1nc2c(c1NC(=O)C(Cc1ccccc1)N1C(=O)c3ccccc3C1=O)CNCC2. The Morgan fingerprint density at radius 3 is 2.41 bits per heavy atom. The van der Waals surface area contributed by atoms with Crippen LogP contribution in [0.15, 0.2) is 54.6 Å². The Labute approximate surface area is 185 Å². The first-order valence-electron chi connectivity index (χ1n) is 10.6. The van der Waals surface area contributed by atoms with Gasteiger partial charge in [-0.3, -0.25) is 24.0 Å². The number of benzene rings is 2. The van der Waals surface area contributed by atoms with Crippen molar-refractivity contribution in [2.45, 2.75) is 25.4 Å². The number of aromatic nitrogens is 2. The van der Waals surface area contributed by atoms with E-state index in [0.29, 0.717) is 23.5 Å². The van der Waals surface area contributed by atoms with E-state index in [9.17, 15) is 14.4 Å². The van der Waals surface area contributed by atoms with Crippen molar-refractivity contribution in [3.8, 4) is 0 Å². The molecule has 8 heteroatoms. The van der Waals surface area contributed by atoms with Gasteiger partial charge in [0, 0.05) is 38.5 Å². The molecule has 1 atom stereocenters. The zero-order valence-corrected chi connectivity index (χ0v) is 17.7. The van der Waals surface area contributed by atoms with Crippen molar-refractivity contribution in [2.75, 3.05) is 11.9 Å². The monoisotopic (exact) mass is 429 g/mol. The van der Waals surface area contributed by atoms with Gasteiger partial charge in [-0.05, 0) is 17.7 Å². The molecular formula is C24H23N5O3. The fourth-order valence-electron chi connectivity index (χ4n) is 4.42. The lowest BCUT2D eigenvalue weighted by Crippen LogP contribution is -2.48. The van der Waals surface area contributed by atoms with Crippen LogP contribution in [0.4, 0.5) is 5.82 Å². The van der Waals surface area contributed by atoms with Gasteiger partial charge in [0.25, 0.3) is 11.8 Å². The highest BCUT2D eigenvalue weighted by atomic mass is 16.2. The number of carbonyl (C=O) groups is 3. The second kappa shape index (κ2) is 8.05. The van der Waals surface area contributed by atoms with E-state index in [0.717, 1.165) is 34.7 Å². The number of nitrogens with zero attached hydrogens (tertiary/aromatic N) is 3. The second-order valence-electron chi connectivity index (χ2n) is 8.04. The predicted molar refractivity (Wildman–Crippen MR) is 118 cm³/mol. The van der Waals surface area contributed by atoms with Crippen molar-refractivity contribution < 1.29 is 14.4 Å². The van der Waals surface area contributed by atoms with Crippen LogP contribution in [0.25, 0.3) is 0 Å².